The minimum atomic E-state index is 0.882. The molecule has 1 aliphatic rings. The summed E-state index contributed by atoms with van der Waals surface area (Å²) in [5, 5.41) is 4.61. The van der Waals surface area contributed by atoms with Gasteiger partial charge in [-0.1, -0.05) is 11.6 Å². The first kappa shape index (κ1) is 9.46. The van der Waals surface area contributed by atoms with Gasteiger partial charge in [0.05, 0.1) is 6.54 Å². The molecule has 0 saturated heterocycles. The van der Waals surface area contributed by atoms with Crippen LogP contribution in [0.5, 0.6) is 0 Å². The molecule has 0 amide bonds. The summed E-state index contributed by atoms with van der Waals surface area (Å²) in [5.41, 5.74) is 4.89. The molecule has 0 bridgehead atoms. The minimum Gasteiger partial charge on any atom is -0.368 e. The van der Waals surface area contributed by atoms with E-state index in [9.17, 15) is 0 Å². The van der Waals surface area contributed by atoms with E-state index in [2.05, 4.69) is 47.3 Å². The van der Waals surface area contributed by atoms with Crippen molar-refractivity contribution in [2.45, 2.75) is 13.8 Å². The van der Waals surface area contributed by atoms with E-state index in [-0.39, 0.29) is 0 Å². The van der Waals surface area contributed by atoms with Crippen LogP contribution in [0.4, 0.5) is 0 Å². The number of hydrogen-bond acceptors (Lipinski definition) is 2. The number of aromatic amines is 1. The second-order valence-electron chi connectivity index (χ2n) is 4.33. The highest BCUT2D eigenvalue weighted by Gasteiger charge is 2.16. The number of aromatic nitrogens is 1. The van der Waals surface area contributed by atoms with Crippen molar-refractivity contribution in [3.05, 3.63) is 35.0 Å². The molecule has 82 valence electrons. The summed E-state index contributed by atoms with van der Waals surface area (Å²) in [6, 6.07) is 6.49. The van der Waals surface area contributed by atoms with Crippen LogP contribution in [0.3, 0.4) is 0 Å². The molecular weight excluding hydrogens is 198 g/mol. The molecule has 1 aromatic heterocycles. The number of nitrogens with zero attached hydrogens (tertiary/aromatic N) is 1. The molecule has 2 N–H and O–H groups in total. The summed E-state index contributed by atoms with van der Waals surface area (Å²) < 4.78 is 0. The van der Waals surface area contributed by atoms with Crippen molar-refractivity contribution in [3.63, 3.8) is 0 Å². The molecule has 1 aliphatic heterocycles. The molecule has 3 heteroatoms. The normalized spacial score (nSPS) is 15.2. The Morgan fingerprint density at radius 2 is 2.12 bits per heavy atom. The highest BCUT2D eigenvalue weighted by Crippen LogP contribution is 2.24. The van der Waals surface area contributed by atoms with Crippen molar-refractivity contribution in [2.75, 3.05) is 13.1 Å². The number of aryl methyl sites for hydroxylation is 2. The topological polar surface area (TPSA) is 40.2 Å². The molecular formula is C13H15N3. The highest BCUT2D eigenvalue weighted by molar-refractivity contribution is 6.11. The summed E-state index contributed by atoms with van der Waals surface area (Å²) in [6.07, 6.45) is 0. The third kappa shape index (κ3) is 1.32. The Kier molecular flexibility index (Phi) is 1.99. The first-order chi connectivity index (χ1) is 7.75. The van der Waals surface area contributed by atoms with E-state index in [0.29, 0.717) is 0 Å². The van der Waals surface area contributed by atoms with E-state index in [1.165, 1.54) is 27.7 Å². The molecule has 0 radical (unpaired) electrons. The van der Waals surface area contributed by atoms with Gasteiger partial charge in [0.25, 0.3) is 0 Å². The molecule has 0 saturated carbocycles. The van der Waals surface area contributed by atoms with E-state index in [4.69, 9.17) is 0 Å². The van der Waals surface area contributed by atoms with Gasteiger partial charge in [-0.3, -0.25) is 4.99 Å². The molecule has 0 aliphatic carbocycles. The van der Waals surface area contributed by atoms with Crippen molar-refractivity contribution in [1.82, 2.24) is 10.3 Å². The van der Waals surface area contributed by atoms with Gasteiger partial charge < -0.3 is 10.3 Å². The van der Waals surface area contributed by atoms with Crippen LogP contribution in [0, 0.1) is 13.8 Å². The molecule has 0 fully saturated rings. The van der Waals surface area contributed by atoms with Crippen LogP contribution in [0.15, 0.2) is 23.2 Å². The quantitative estimate of drug-likeness (QED) is 0.748. The van der Waals surface area contributed by atoms with Crippen molar-refractivity contribution in [1.29, 1.82) is 0 Å². The Morgan fingerprint density at radius 3 is 2.88 bits per heavy atom. The third-order valence-electron chi connectivity index (χ3n) is 3.05. The molecule has 1 aromatic carbocycles. The predicted molar refractivity (Wildman–Crippen MR) is 67.2 cm³/mol. The highest BCUT2D eigenvalue weighted by atomic mass is 15.1. The maximum absolute atomic E-state index is 4.50. The second-order valence-corrected chi connectivity index (χ2v) is 4.33. The maximum atomic E-state index is 4.50. The Labute approximate surface area is 94.6 Å². The Morgan fingerprint density at radius 1 is 1.25 bits per heavy atom. The molecule has 0 unspecified atom stereocenters. The average molecular weight is 213 g/mol. The lowest BCUT2D eigenvalue weighted by Crippen LogP contribution is -2.19. The van der Waals surface area contributed by atoms with E-state index >= 15 is 0 Å². The van der Waals surface area contributed by atoms with E-state index < -0.39 is 0 Å². The fourth-order valence-corrected chi connectivity index (χ4v) is 2.31. The lowest BCUT2D eigenvalue weighted by atomic mass is 10.1. The van der Waals surface area contributed by atoms with E-state index in [1.54, 1.807) is 0 Å². The minimum absolute atomic E-state index is 0.882. The zero-order valence-electron chi connectivity index (χ0n) is 9.59. The fraction of sp³-hybridized carbons (Fsp3) is 0.308. The SMILES string of the molecule is Cc1ccc2[nH]c(C)c(C3=NCCN3)c2c1. The summed E-state index contributed by atoms with van der Waals surface area (Å²) in [4.78, 5) is 7.91. The van der Waals surface area contributed by atoms with Gasteiger partial charge in [-0.2, -0.15) is 0 Å². The molecule has 2 aromatic rings. The van der Waals surface area contributed by atoms with Crippen molar-refractivity contribution < 1.29 is 0 Å². The van der Waals surface area contributed by atoms with Crippen LogP contribution in [-0.2, 0) is 0 Å². The number of amidine groups is 1. The largest absolute Gasteiger partial charge is 0.368 e. The first-order valence-electron chi connectivity index (χ1n) is 5.63. The van der Waals surface area contributed by atoms with Gasteiger partial charge >= 0.3 is 0 Å². The number of H-pyrrole nitrogens is 1. The third-order valence-corrected chi connectivity index (χ3v) is 3.05. The zero-order valence-corrected chi connectivity index (χ0v) is 9.59. The van der Waals surface area contributed by atoms with Crippen LogP contribution in [0.1, 0.15) is 16.8 Å². The standard InChI is InChI=1S/C13H15N3/c1-8-3-4-11-10(7-8)12(9(2)16-11)13-14-5-6-15-13/h3-4,7,16H,5-6H2,1-2H3,(H,14,15). The predicted octanol–water partition coefficient (Wildman–Crippen LogP) is 2.13. The van der Waals surface area contributed by atoms with Gasteiger partial charge in [-0.05, 0) is 26.0 Å². The number of nitrogens with one attached hydrogen (secondary N) is 2. The Hall–Kier alpha value is -1.77. The average Bonchev–Trinajstić information content (AvgIpc) is 2.83. The lowest BCUT2D eigenvalue weighted by molar-refractivity contribution is 0.960. The van der Waals surface area contributed by atoms with Gasteiger partial charge in [-0.15, -0.1) is 0 Å². The molecule has 0 atom stereocenters. The number of rotatable bonds is 1. The van der Waals surface area contributed by atoms with Crippen LogP contribution < -0.4 is 5.32 Å². The number of hydrogen-bond donors (Lipinski definition) is 2. The number of aliphatic imine (C=N–C) groups is 1. The molecule has 3 nitrogen and oxygen atoms in total. The smallest absolute Gasteiger partial charge is 0.130 e. The van der Waals surface area contributed by atoms with Gasteiger partial charge in [0.1, 0.15) is 5.84 Å². The van der Waals surface area contributed by atoms with Gasteiger partial charge in [-0.25, -0.2) is 0 Å². The maximum Gasteiger partial charge on any atom is 0.130 e. The molecule has 16 heavy (non-hydrogen) atoms. The molecule has 2 heterocycles. The van der Waals surface area contributed by atoms with Gasteiger partial charge in [0.15, 0.2) is 0 Å². The Balaban J connectivity index is 2.29. The summed E-state index contributed by atoms with van der Waals surface area (Å²) >= 11 is 0. The van der Waals surface area contributed by atoms with Crippen molar-refractivity contribution in [3.8, 4) is 0 Å². The van der Waals surface area contributed by atoms with Crippen LogP contribution in [-0.4, -0.2) is 23.9 Å². The van der Waals surface area contributed by atoms with Crippen LogP contribution in [0.25, 0.3) is 10.9 Å². The van der Waals surface area contributed by atoms with E-state index in [0.717, 1.165) is 18.9 Å². The monoisotopic (exact) mass is 213 g/mol. The van der Waals surface area contributed by atoms with Gasteiger partial charge in [0, 0.05) is 28.7 Å². The summed E-state index contributed by atoms with van der Waals surface area (Å²) in [5.74, 6) is 1.04. The Bertz CT molecular complexity index is 578. The van der Waals surface area contributed by atoms with Gasteiger partial charge in [0.2, 0.25) is 0 Å². The second kappa shape index (κ2) is 3.37. The summed E-state index contributed by atoms with van der Waals surface area (Å²) in [6.45, 7) is 6.06. The zero-order chi connectivity index (χ0) is 11.1. The van der Waals surface area contributed by atoms with Crippen molar-refractivity contribution >= 4 is 16.7 Å². The van der Waals surface area contributed by atoms with E-state index in [1.807, 2.05) is 0 Å². The fourth-order valence-electron chi connectivity index (χ4n) is 2.31. The number of fused-ring (bicyclic) bond motifs is 1. The number of benzene rings is 1. The lowest BCUT2D eigenvalue weighted by Gasteiger charge is -2.02. The molecule has 3 rings (SSSR count). The molecule has 0 spiro atoms. The summed E-state index contributed by atoms with van der Waals surface area (Å²) in [7, 11) is 0. The van der Waals surface area contributed by atoms with Crippen LogP contribution in [0.2, 0.25) is 0 Å². The van der Waals surface area contributed by atoms with Crippen molar-refractivity contribution in [2.24, 2.45) is 4.99 Å². The first-order valence-corrected chi connectivity index (χ1v) is 5.63. The van der Waals surface area contributed by atoms with Crippen LogP contribution >= 0.6 is 0 Å².